The van der Waals surface area contributed by atoms with Crippen molar-refractivity contribution in [3.63, 3.8) is 0 Å². The van der Waals surface area contributed by atoms with Crippen LogP contribution in [0.25, 0.3) is 0 Å². The maximum Gasteiger partial charge on any atom is 0.0991 e. The molecule has 2 rings (SSSR count). The van der Waals surface area contributed by atoms with E-state index in [-0.39, 0.29) is 5.41 Å². The summed E-state index contributed by atoms with van der Waals surface area (Å²) in [5.74, 6) is 0. The summed E-state index contributed by atoms with van der Waals surface area (Å²) in [7, 11) is 0. The molecule has 0 amide bonds. The summed E-state index contributed by atoms with van der Waals surface area (Å²) in [6.45, 7) is 14.9. The predicted molar refractivity (Wildman–Crippen MR) is 107 cm³/mol. The molecule has 0 bridgehead atoms. The average molecular weight is 341 g/mol. The van der Waals surface area contributed by atoms with E-state index in [0.717, 1.165) is 16.1 Å². The summed E-state index contributed by atoms with van der Waals surface area (Å²) in [5, 5.41) is 8.91. The summed E-state index contributed by atoms with van der Waals surface area (Å²) in [4.78, 5) is 1.14. The van der Waals surface area contributed by atoms with E-state index in [9.17, 15) is 0 Å². The molecule has 128 valence electrons. The van der Waals surface area contributed by atoms with Crippen molar-refractivity contribution in [3.05, 3.63) is 58.7 Å². The highest BCUT2D eigenvalue weighted by molar-refractivity contribution is 8.00. The van der Waals surface area contributed by atoms with Crippen molar-refractivity contribution in [2.24, 2.45) is 0 Å². The van der Waals surface area contributed by atoms with Gasteiger partial charge >= 0.3 is 0 Å². The van der Waals surface area contributed by atoms with Crippen molar-refractivity contribution >= 4 is 17.6 Å². The molecule has 0 aliphatic heterocycles. The molecule has 0 spiro atoms. The van der Waals surface area contributed by atoms with Crippen LogP contribution in [0.5, 0.6) is 0 Å². The van der Waals surface area contributed by atoms with Gasteiger partial charge in [-0.2, -0.15) is 5.26 Å². The van der Waals surface area contributed by atoms with Gasteiger partial charge in [-0.05, 0) is 78.2 Å². The molecule has 0 atom stereocenters. The minimum Gasteiger partial charge on any atom is -0.326 e. The van der Waals surface area contributed by atoms with Crippen molar-refractivity contribution in [3.8, 4) is 6.07 Å². The molecule has 2 nitrogen and oxygen atoms in total. The molecule has 24 heavy (non-hydrogen) atoms. The summed E-state index contributed by atoms with van der Waals surface area (Å²) >= 11 is 1.58. The summed E-state index contributed by atoms with van der Waals surface area (Å²) < 4.78 is 3.39. The molecular formula is C21H28N2S. The second kappa shape index (κ2) is 8.80. The van der Waals surface area contributed by atoms with Gasteiger partial charge in [-0.1, -0.05) is 40.7 Å². The molecule has 2 aromatic carbocycles. The Hall–Kier alpha value is -1.92. The van der Waals surface area contributed by atoms with Crippen molar-refractivity contribution in [2.45, 2.75) is 58.8 Å². The van der Waals surface area contributed by atoms with Crippen LogP contribution in [0.15, 0.2) is 41.3 Å². The average Bonchev–Trinajstić information content (AvgIpc) is 2.54. The van der Waals surface area contributed by atoms with Gasteiger partial charge in [0.2, 0.25) is 0 Å². The third-order valence-corrected chi connectivity index (χ3v) is 4.63. The Bertz CT molecular complexity index is 722. The third-order valence-electron chi connectivity index (χ3n) is 3.62. The molecule has 0 radical (unpaired) electrons. The van der Waals surface area contributed by atoms with Gasteiger partial charge < -0.3 is 4.72 Å². The predicted octanol–water partition coefficient (Wildman–Crippen LogP) is 6.62. The Morgan fingerprint density at radius 1 is 0.958 bits per heavy atom. The van der Waals surface area contributed by atoms with E-state index in [2.05, 4.69) is 56.7 Å². The van der Waals surface area contributed by atoms with Crippen LogP contribution in [0, 0.1) is 25.2 Å². The van der Waals surface area contributed by atoms with Gasteiger partial charge in [0.15, 0.2) is 0 Å². The lowest BCUT2D eigenvalue weighted by atomic mass is 9.84. The molecule has 0 saturated heterocycles. The highest BCUT2D eigenvalue weighted by Crippen LogP contribution is 2.30. The number of anilines is 1. The molecule has 0 aliphatic carbocycles. The van der Waals surface area contributed by atoms with Gasteiger partial charge in [0, 0.05) is 10.6 Å². The van der Waals surface area contributed by atoms with Gasteiger partial charge in [0.1, 0.15) is 0 Å². The fourth-order valence-electron chi connectivity index (χ4n) is 2.52. The third kappa shape index (κ3) is 5.32. The second-order valence-electron chi connectivity index (χ2n) is 6.58. The summed E-state index contributed by atoms with van der Waals surface area (Å²) in [6.07, 6.45) is 0. The standard InChI is InChI=1S/C19H22N2S.C2H6/c1-13-11-16(7-8-17(13)19(3,4)5)21-22-18-9-6-15(12-20)10-14(18)2;1-2/h6-11,21H,1-5H3;1-2H3. The van der Waals surface area contributed by atoms with Crippen LogP contribution in [0.1, 0.15) is 56.9 Å². The van der Waals surface area contributed by atoms with Crippen LogP contribution in [-0.4, -0.2) is 0 Å². The molecular weight excluding hydrogens is 312 g/mol. The molecule has 1 N–H and O–H groups in total. The van der Waals surface area contributed by atoms with E-state index in [1.807, 2.05) is 39.0 Å². The van der Waals surface area contributed by atoms with Crippen LogP contribution in [0.4, 0.5) is 5.69 Å². The van der Waals surface area contributed by atoms with Crippen LogP contribution in [0.2, 0.25) is 0 Å². The highest BCUT2D eigenvalue weighted by Gasteiger charge is 2.16. The lowest BCUT2D eigenvalue weighted by Crippen LogP contribution is -2.12. The van der Waals surface area contributed by atoms with Crippen molar-refractivity contribution in [2.75, 3.05) is 4.72 Å². The van der Waals surface area contributed by atoms with Gasteiger partial charge in [-0.25, -0.2) is 0 Å². The number of hydrogen-bond acceptors (Lipinski definition) is 3. The number of hydrogen-bond donors (Lipinski definition) is 1. The molecule has 0 unspecified atom stereocenters. The van der Waals surface area contributed by atoms with Gasteiger partial charge in [0.05, 0.1) is 11.6 Å². The highest BCUT2D eigenvalue weighted by atomic mass is 32.2. The Morgan fingerprint density at radius 2 is 1.62 bits per heavy atom. The van der Waals surface area contributed by atoms with E-state index < -0.39 is 0 Å². The smallest absolute Gasteiger partial charge is 0.0991 e. The number of nitriles is 1. The number of rotatable bonds is 3. The Balaban J connectivity index is 0.00000139. The van der Waals surface area contributed by atoms with Gasteiger partial charge in [-0.15, -0.1) is 0 Å². The molecule has 3 heteroatoms. The first kappa shape index (κ1) is 20.1. The Kier molecular flexibility index (Phi) is 7.38. The van der Waals surface area contributed by atoms with Crippen molar-refractivity contribution in [1.82, 2.24) is 0 Å². The first-order valence-electron chi connectivity index (χ1n) is 8.36. The summed E-state index contributed by atoms with van der Waals surface area (Å²) in [5.41, 5.74) is 5.75. The summed E-state index contributed by atoms with van der Waals surface area (Å²) in [6, 6.07) is 14.4. The first-order valence-corrected chi connectivity index (χ1v) is 9.17. The van der Waals surface area contributed by atoms with Crippen LogP contribution >= 0.6 is 11.9 Å². The van der Waals surface area contributed by atoms with Crippen LogP contribution in [-0.2, 0) is 5.41 Å². The normalized spacial score (nSPS) is 10.4. The molecule has 2 aromatic rings. The monoisotopic (exact) mass is 340 g/mol. The van der Waals surface area contributed by atoms with Gasteiger partial charge in [-0.3, -0.25) is 0 Å². The number of benzene rings is 2. The quantitative estimate of drug-likeness (QED) is 0.638. The van der Waals surface area contributed by atoms with E-state index in [0.29, 0.717) is 5.56 Å². The van der Waals surface area contributed by atoms with Crippen LogP contribution < -0.4 is 4.72 Å². The fraction of sp³-hybridized carbons (Fsp3) is 0.381. The van der Waals surface area contributed by atoms with Crippen molar-refractivity contribution in [1.29, 1.82) is 5.26 Å². The molecule has 0 aromatic heterocycles. The number of nitrogens with zero attached hydrogens (tertiary/aromatic N) is 1. The SMILES string of the molecule is CC.Cc1cc(C#N)ccc1SNc1ccc(C(C)(C)C)c(C)c1. The maximum absolute atomic E-state index is 8.91. The van der Waals surface area contributed by atoms with E-state index in [4.69, 9.17) is 5.26 Å². The van der Waals surface area contributed by atoms with E-state index in [1.54, 1.807) is 11.9 Å². The maximum atomic E-state index is 8.91. The largest absolute Gasteiger partial charge is 0.326 e. The second-order valence-corrected chi connectivity index (χ2v) is 7.42. The number of aryl methyl sites for hydroxylation is 2. The minimum absolute atomic E-state index is 0.166. The topological polar surface area (TPSA) is 35.8 Å². The zero-order valence-electron chi connectivity index (χ0n) is 15.8. The fourth-order valence-corrected chi connectivity index (χ4v) is 3.23. The van der Waals surface area contributed by atoms with Crippen LogP contribution in [0.3, 0.4) is 0 Å². The number of nitrogens with one attached hydrogen (secondary N) is 1. The molecule has 0 fully saturated rings. The van der Waals surface area contributed by atoms with Gasteiger partial charge in [0.25, 0.3) is 0 Å². The minimum atomic E-state index is 0.166. The lowest BCUT2D eigenvalue weighted by Gasteiger charge is -2.22. The molecule has 0 aliphatic rings. The molecule has 0 saturated carbocycles. The molecule has 0 heterocycles. The Morgan fingerprint density at radius 3 is 2.12 bits per heavy atom. The van der Waals surface area contributed by atoms with E-state index >= 15 is 0 Å². The van der Waals surface area contributed by atoms with E-state index in [1.165, 1.54) is 11.1 Å². The zero-order chi connectivity index (χ0) is 18.3. The Labute approximate surface area is 151 Å². The lowest BCUT2D eigenvalue weighted by molar-refractivity contribution is 0.586. The van der Waals surface area contributed by atoms with Crippen molar-refractivity contribution < 1.29 is 0 Å². The first-order chi connectivity index (χ1) is 11.3. The zero-order valence-corrected chi connectivity index (χ0v) is 16.6.